The summed E-state index contributed by atoms with van der Waals surface area (Å²) in [7, 11) is 0. The summed E-state index contributed by atoms with van der Waals surface area (Å²) in [5, 5.41) is 12.7. The van der Waals surface area contributed by atoms with E-state index in [0.29, 0.717) is 12.4 Å². The van der Waals surface area contributed by atoms with Gasteiger partial charge in [0.05, 0.1) is 6.61 Å². The lowest BCUT2D eigenvalue weighted by molar-refractivity contribution is -0.127. The zero-order chi connectivity index (χ0) is 22.2. The molecular weight excluding hydrogens is 398 g/mol. The van der Waals surface area contributed by atoms with Gasteiger partial charge in [-0.25, -0.2) is 0 Å². The highest BCUT2D eigenvalue weighted by Gasteiger charge is 2.24. The predicted molar refractivity (Wildman–Crippen MR) is 129 cm³/mol. The number of rotatable bonds is 9. The van der Waals surface area contributed by atoms with Gasteiger partial charge in [0, 0.05) is 12.5 Å². The molecule has 0 radical (unpaired) electrons. The van der Waals surface area contributed by atoms with Crippen LogP contribution in [0.2, 0.25) is 0 Å². The molecule has 2 aliphatic rings. The molecule has 4 heteroatoms. The SMILES string of the molecule is O=C(NCCCCOc1ccc(C(=C2CCCCC2)c2ccc(O)cc2)cc1)C1CCC1. The Morgan fingerprint density at radius 1 is 0.875 bits per heavy atom. The summed E-state index contributed by atoms with van der Waals surface area (Å²) in [5.74, 6) is 1.67. The van der Waals surface area contributed by atoms with Crippen molar-refractivity contribution in [2.75, 3.05) is 13.2 Å². The van der Waals surface area contributed by atoms with E-state index in [1.807, 2.05) is 12.1 Å². The molecule has 0 spiro atoms. The average Bonchev–Trinajstić information content (AvgIpc) is 2.78. The molecule has 4 nitrogen and oxygen atoms in total. The molecule has 0 heterocycles. The molecule has 4 rings (SSSR count). The number of benzene rings is 2. The molecule has 32 heavy (non-hydrogen) atoms. The Morgan fingerprint density at radius 3 is 2.16 bits per heavy atom. The fraction of sp³-hybridized carbons (Fsp3) is 0.464. The van der Waals surface area contributed by atoms with Gasteiger partial charge in [0.1, 0.15) is 11.5 Å². The van der Waals surface area contributed by atoms with Gasteiger partial charge in [0.25, 0.3) is 0 Å². The fourth-order valence-electron chi connectivity index (χ4n) is 4.59. The number of amides is 1. The van der Waals surface area contributed by atoms with E-state index in [1.54, 1.807) is 12.1 Å². The summed E-state index contributed by atoms with van der Waals surface area (Å²) in [6.07, 6.45) is 11.3. The molecule has 0 bridgehead atoms. The highest BCUT2D eigenvalue weighted by atomic mass is 16.5. The van der Waals surface area contributed by atoms with Gasteiger partial charge in [0.15, 0.2) is 0 Å². The molecular formula is C28H35NO3. The predicted octanol–water partition coefficient (Wildman–Crippen LogP) is 6.23. The Kier molecular flexibility index (Phi) is 7.87. The minimum absolute atomic E-state index is 0.226. The Bertz CT molecular complexity index is 903. The van der Waals surface area contributed by atoms with Crippen molar-refractivity contribution >= 4 is 11.5 Å². The van der Waals surface area contributed by atoms with Crippen molar-refractivity contribution < 1.29 is 14.6 Å². The molecule has 2 aromatic rings. The van der Waals surface area contributed by atoms with E-state index < -0.39 is 0 Å². The van der Waals surface area contributed by atoms with E-state index in [9.17, 15) is 9.90 Å². The first-order chi connectivity index (χ1) is 15.7. The van der Waals surface area contributed by atoms with Crippen molar-refractivity contribution in [2.24, 2.45) is 5.92 Å². The van der Waals surface area contributed by atoms with Crippen molar-refractivity contribution in [1.82, 2.24) is 5.32 Å². The third kappa shape index (κ3) is 5.93. The molecule has 2 aromatic carbocycles. The lowest BCUT2D eigenvalue weighted by Gasteiger charge is -2.23. The number of hydrogen-bond donors (Lipinski definition) is 2. The Labute approximate surface area is 191 Å². The smallest absolute Gasteiger partial charge is 0.223 e. The minimum Gasteiger partial charge on any atom is -0.508 e. The third-order valence-electron chi connectivity index (χ3n) is 6.72. The molecule has 2 saturated carbocycles. The molecule has 170 valence electrons. The van der Waals surface area contributed by atoms with E-state index in [2.05, 4.69) is 29.6 Å². The summed E-state index contributed by atoms with van der Waals surface area (Å²) < 4.78 is 5.93. The number of phenols is 1. The zero-order valence-corrected chi connectivity index (χ0v) is 18.9. The van der Waals surface area contributed by atoms with Crippen LogP contribution in [0.4, 0.5) is 0 Å². The summed E-state index contributed by atoms with van der Waals surface area (Å²) >= 11 is 0. The van der Waals surface area contributed by atoms with Gasteiger partial charge in [-0.15, -0.1) is 0 Å². The van der Waals surface area contributed by atoms with Gasteiger partial charge in [-0.05, 0) is 92.3 Å². The second-order valence-electron chi connectivity index (χ2n) is 9.08. The number of ether oxygens (including phenoxy) is 1. The normalized spacial score (nSPS) is 16.3. The van der Waals surface area contributed by atoms with Crippen molar-refractivity contribution in [3.05, 3.63) is 65.2 Å². The summed E-state index contributed by atoms with van der Waals surface area (Å²) in [6.45, 7) is 1.39. The van der Waals surface area contributed by atoms with Gasteiger partial charge in [-0.1, -0.05) is 42.7 Å². The van der Waals surface area contributed by atoms with E-state index in [4.69, 9.17) is 4.74 Å². The van der Waals surface area contributed by atoms with Crippen molar-refractivity contribution in [2.45, 2.75) is 64.2 Å². The van der Waals surface area contributed by atoms with E-state index in [1.165, 1.54) is 42.4 Å². The molecule has 0 saturated heterocycles. The van der Waals surface area contributed by atoms with Crippen molar-refractivity contribution in [3.63, 3.8) is 0 Å². The maximum absolute atomic E-state index is 11.8. The average molecular weight is 434 g/mol. The topological polar surface area (TPSA) is 58.6 Å². The molecule has 0 aliphatic heterocycles. The van der Waals surface area contributed by atoms with E-state index >= 15 is 0 Å². The lowest BCUT2D eigenvalue weighted by Crippen LogP contribution is -2.35. The second kappa shape index (κ2) is 11.2. The largest absolute Gasteiger partial charge is 0.508 e. The van der Waals surface area contributed by atoms with Crippen LogP contribution >= 0.6 is 0 Å². The van der Waals surface area contributed by atoms with Crippen LogP contribution in [0.25, 0.3) is 5.57 Å². The quantitative estimate of drug-likeness (QED) is 0.461. The number of unbranched alkanes of at least 4 members (excludes halogenated alkanes) is 1. The van der Waals surface area contributed by atoms with Gasteiger partial charge in [-0.2, -0.15) is 0 Å². The fourth-order valence-corrected chi connectivity index (χ4v) is 4.59. The van der Waals surface area contributed by atoms with Gasteiger partial charge >= 0.3 is 0 Å². The first kappa shape index (κ1) is 22.4. The molecule has 2 aliphatic carbocycles. The maximum Gasteiger partial charge on any atom is 0.223 e. The van der Waals surface area contributed by atoms with Gasteiger partial charge < -0.3 is 15.2 Å². The highest BCUT2D eigenvalue weighted by Crippen LogP contribution is 2.36. The molecule has 0 unspecified atom stereocenters. The minimum atomic E-state index is 0.226. The number of allylic oxidation sites excluding steroid dienone is 1. The van der Waals surface area contributed by atoms with Crippen LogP contribution in [0.15, 0.2) is 54.1 Å². The highest BCUT2D eigenvalue weighted by molar-refractivity contribution is 5.82. The Hall–Kier alpha value is -2.75. The first-order valence-electron chi connectivity index (χ1n) is 12.2. The number of carbonyl (C=O) groups is 1. The van der Waals surface area contributed by atoms with Gasteiger partial charge in [-0.3, -0.25) is 4.79 Å². The van der Waals surface area contributed by atoms with E-state index in [0.717, 1.165) is 56.4 Å². The zero-order valence-electron chi connectivity index (χ0n) is 18.9. The summed E-state index contributed by atoms with van der Waals surface area (Å²) in [6, 6.07) is 16.0. The van der Waals surface area contributed by atoms with Crippen LogP contribution in [0.1, 0.15) is 75.3 Å². The molecule has 1 amide bonds. The van der Waals surface area contributed by atoms with Crippen LogP contribution < -0.4 is 10.1 Å². The monoisotopic (exact) mass is 433 g/mol. The number of hydrogen-bond acceptors (Lipinski definition) is 3. The van der Waals surface area contributed by atoms with Crippen LogP contribution in [-0.2, 0) is 4.79 Å². The van der Waals surface area contributed by atoms with Crippen LogP contribution in [0.3, 0.4) is 0 Å². The van der Waals surface area contributed by atoms with Crippen molar-refractivity contribution in [3.8, 4) is 11.5 Å². The Balaban J connectivity index is 1.31. The maximum atomic E-state index is 11.8. The lowest BCUT2D eigenvalue weighted by atomic mass is 9.85. The second-order valence-corrected chi connectivity index (χ2v) is 9.08. The number of phenolic OH excluding ortho intramolecular Hbond substituents is 1. The van der Waals surface area contributed by atoms with Crippen molar-refractivity contribution in [1.29, 1.82) is 0 Å². The van der Waals surface area contributed by atoms with Crippen LogP contribution in [0, 0.1) is 5.92 Å². The van der Waals surface area contributed by atoms with Gasteiger partial charge in [0.2, 0.25) is 5.91 Å². The van der Waals surface area contributed by atoms with Crippen LogP contribution in [-0.4, -0.2) is 24.2 Å². The molecule has 2 N–H and O–H groups in total. The molecule has 2 fully saturated rings. The first-order valence-corrected chi connectivity index (χ1v) is 12.2. The summed E-state index contributed by atoms with van der Waals surface area (Å²) in [4.78, 5) is 11.8. The molecule has 0 atom stereocenters. The number of aromatic hydroxyl groups is 1. The number of nitrogens with one attached hydrogen (secondary N) is 1. The third-order valence-corrected chi connectivity index (χ3v) is 6.72. The molecule has 0 aromatic heterocycles. The summed E-state index contributed by atoms with van der Waals surface area (Å²) in [5.41, 5.74) is 5.19. The number of carbonyl (C=O) groups excluding carboxylic acids is 1. The Morgan fingerprint density at radius 2 is 1.53 bits per heavy atom. The van der Waals surface area contributed by atoms with E-state index in [-0.39, 0.29) is 11.8 Å². The van der Waals surface area contributed by atoms with Crippen LogP contribution in [0.5, 0.6) is 11.5 Å². The standard InChI is InChI=1S/C28H35NO3/c30-25-15-11-22(12-16-25)27(21-7-2-1-3-8-21)23-13-17-26(18-14-23)32-20-5-4-19-29-28(31)24-9-6-10-24/h11-18,24,30H,1-10,19-20H2,(H,29,31).